The lowest BCUT2D eigenvalue weighted by Crippen LogP contribution is -2.30. The predicted molar refractivity (Wildman–Crippen MR) is 243 cm³/mol. The van der Waals surface area contributed by atoms with Crippen LogP contribution < -0.4 is 5.32 Å². The van der Waals surface area contributed by atoms with Crippen molar-refractivity contribution >= 4 is 47.3 Å². The summed E-state index contributed by atoms with van der Waals surface area (Å²) >= 11 is 0. The summed E-state index contributed by atoms with van der Waals surface area (Å²) in [5.41, 5.74) is 0. The molecule has 1 amide bonds. The van der Waals surface area contributed by atoms with E-state index in [1.807, 2.05) is 21.6 Å². The minimum absolute atomic E-state index is 0.0657. The maximum Gasteiger partial charge on any atom is 0.472 e. The molecule has 3 atom stereocenters. The van der Waals surface area contributed by atoms with Gasteiger partial charge >= 0.3 is 19.8 Å². The summed E-state index contributed by atoms with van der Waals surface area (Å²) in [4.78, 5) is 47.8. The molecule has 1 heterocycles. The van der Waals surface area contributed by atoms with Crippen molar-refractivity contribution in [2.45, 2.75) is 237 Å². The molecule has 2 N–H and O–H groups in total. The highest BCUT2D eigenvalue weighted by atomic mass is 33.1. The molecule has 0 aromatic heterocycles. The summed E-state index contributed by atoms with van der Waals surface area (Å²) in [5.74, 6) is 0.228. The molecule has 58 heavy (non-hydrogen) atoms. The third-order valence-electron chi connectivity index (χ3n) is 10.7. The van der Waals surface area contributed by atoms with Crippen molar-refractivity contribution in [2.75, 3.05) is 32.1 Å². The third-order valence-corrected chi connectivity index (χ3v) is 14.7. The molecule has 1 rings (SSSR count). The Hall–Kier alpha value is -0.780. The quantitative estimate of drug-likeness (QED) is 0.0262. The molecular weight excluding hydrogens is 794 g/mol. The molecule has 0 bridgehead atoms. The highest BCUT2D eigenvalue weighted by Crippen LogP contribution is 2.43. The number of nitrogens with one attached hydrogen (secondary N) is 1. The van der Waals surface area contributed by atoms with Crippen LogP contribution in [-0.2, 0) is 37.5 Å². The Labute approximate surface area is 362 Å². The first-order valence-corrected chi connectivity index (χ1v) is 27.7. The second kappa shape index (κ2) is 40.3. The van der Waals surface area contributed by atoms with Gasteiger partial charge in [-0.2, -0.15) is 0 Å². The average molecular weight is 880 g/mol. The third kappa shape index (κ3) is 37.0. The molecule has 0 spiro atoms. The van der Waals surface area contributed by atoms with E-state index in [1.54, 1.807) is 0 Å². The standard InChI is InChI=1S/C45H86NO9PS2/c1-3-5-7-9-11-13-15-17-19-21-23-25-27-33-44(48)52-39-41(55-45(49)34-28-26-24-22-20-18-16-14-12-10-8-6-4-2)40-54-56(50,51)53-37-36-46-43(47)32-30-29-31-42-35-38-57-58-42/h41-42H,3-40H2,1-2H3,(H,46,47)(H,50,51). The van der Waals surface area contributed by atoms with E-state index in [-0.39, 0.29) is 38.5 Å². The van der Waals surface area contributed by atoms with E-state index in [0.717, 1.165) is 57.8 Å². The fraction of sp³-hybridized carbons (Fsp3) is 0.933. The molecule has 342 valence electrons. The van der Waals surface area contributed by atoms with Gasteiger partial charge in [-0.1, -0.05) is 196 Å². The van der Waals surface area contributed by atoms with E-state index in [1.165, 1.54) is 134 Å². The topological polar surface area (TPSA) is 137 Å². The Morgan fingerprint density at radius 1 is 0.621 bits per heavy atom. The number of hydrogen-bond acceptors (Lipinski definition) is 10. The number of phosphoric ester groups is 1. The molecule has 0 aromatic carbocycles. The van der Waals surface area contributed by atoms with Gasteiger partial charge in [0.25, 0.3) is 0 Å². The number of unbranched alkanes of at least 4 members (excludes halogenated alkanes) is 25. The van der Waals surface area contributed by atoms with Crippen molar-refractivity contribution in [3.8, 4) is 0 Å². The summed E-state index contributed by atoms with van der Waals surface area (Å²) in [6, 6.07) is 0. The van der Waals surface area contributed by atoms with Crippen LogP contribution in [-0.4, -0.2) is 66.2 Å². The van der Waals surface area contributed by atoms with Gasteiger partial charge in [-0.25, -0.2) is 4.57 Å². The smallest absolute Gasteiger partial charge is 0.462 e. The van der Waals surface area contributed by atoms with Gasteiger partial charge in [0.15, 0.2) is 6.10 Å². The Morgan fingerprint density at radius 3 is 1.57 bits per heavy atom. The molecule has 0 aliphatic carbocycles. The van der Waals surface area contributed by atoms with Crippen LogP contribution >= 0.6 is 29.4 Å². The van der Waals surface area contributed by atoms with Crippen LogP contribution in [0.5, 0.6) is 0 Å². The largest absolute Gasteiger partial charge is 0.472 e. The van der Waals surface area contributed by atoms with Crippen molar-refractivity contribution in [2.24, 2.45) is 0 Å². The van der Waals surface area contributed by atoms with E-state index in [2.05, 4.69) is 19.2 Å². The molecule has 1 aliphatic heterocycles. The van der Waals surface area contributed by atoms with E-state index in [9.17, 15) is 23.8 Å². The Morgan fingerprint density at radius 2 is 1.09 bits per heavy atom. The number of amides is 1. The van der Waals surface area contributed by atoms with Crippen LogP contribution in [0.4, 0.5) is 0 Å². The lowest BCUT2D eigenvalue weighted by molar-refractivity contribution is -0.161. The minimum atomic E-state index is -4.52. The maximum atomic E-state index is 12.7. The SMILES string of the molecule is CCCCCCCCCCCCCCCC(=O)OCC(COP(=O)(O)OCCNC(=O)CCCCC1CCSS1)OC(=O)CCCCCCCCCCCCCCC. The van der Waals surface area contributed by atoms with Crippen LogP contribution in [0.1, 0.15) is 226 Å². The van der Waals surface area contributed by atoms with Crippen molar-refractivity contribution < 1.29 is 42.4 Å². The Balaban J connectivity index is 2.34. The van der Waals surface area contributed by atoms with Crippen LogP contribution in [0.15, 0.2) is 0 Å². The van der Waals surface area contributed by atoms with E-state index >= 15 is 0 Å². The zero-order valence-corrected chi connectivity index (χ0v) is 39.5. The van der Waals surface area contributed by atoms with Crippen molar-refractivity contribution in [1.29, 1.82) is 0 Å². The number of carbonyl (C=O) groups is 3. The van der Waals surface area contributed by atoms with Crippen LogP contribution in [0, 0.1) is 0 Å². The van der Waals surface area contributed by atoms with Gasteiger partial charge in [0.05, 0.1) is 13.2 Å². The first kappa shape index (κ1) is 55.2. The molecule has 1 fully saturated rings. The van der Waals surface area contributed by atoms with Crippen LogP contribution in [0.3, 0.4) is 0 Å². The summed E-state index contributed by atoms with van der Waals surface area (Å²) in [7, 11) is -0.661. The second-order valence-corrected chi connectivity index (χ2v) is 20.5. The lowest BCUT2D eigenvalue weighted by atomic mass is 10.0. The summed E-state index contributed by atoms with van der Waals surface area (Å²) in [6.07, 6.45) is 35.4. The van der Waals surface area contributed by atoms with Gasteiger partial charge in [0.1, 0.15) is 6.61 Å². The number of ether oxygens (including phenoxy) is 2. The van der Waals surface area contributed by atoms with Gasteiger partial charge in [0.2, 0.25) is 5.91 Å². The molecule has 0 radical (unpaired) electrons. The molecular formula is C45H86NO9PS2. The van der Waals surface area contributed by atoms with Gasteiger partial charge < -0.3 is 19.7 Å². The highest BCUT2D eigenvalue weighted by molar-refractivity contribution is 8.77. The Kier molecular flexibility index (Phi) is 38.4. The van der Waals surface area contributed by atoms with Crippen molar-refractivity contribution in [3.63, 3.8) is 0 Å². The van der Waals surface area contributed by atoms with Gasteiger partial charge in [0, 0.05) is 36.8 Å². The van der Waals surface area contributed by atoms with Gasteiger partial charge in [-0.3, -0.25) is 23.4 Å². The maximum absolute atomic E-state index is 12.7. The first-order valence-electron chi connectivity index (χ1n) is 23.8. The molecule has 1 aliphatic rings. The molecule has 0 saturated carbocycles. The number of phosphoric acid groups is 1. The van der Waals surface area contributed by atoms with E-state index in [0.29, 0.717) is 18.1 Å². The summed E-state index contributed by atoms with van der Waals surface area (Å²) in [6.45, 7) is 3.61. The monoisotopic (exact) mass is 880 g/mol. The fourth-order valence-electron chi connectivity index (χ4n) is 7.07. The average Bonchev–Trinajstić information content (AvgIpc) is 3.73. The predicted octanol–water partition coefficient (Wildman–Crippen LogP) is 13.4. The summed E-state index contributed by atoms with van der Waals surface area (Å²) < 4.78 is 33.9. The molecule has 1 saturated heterocycles. The molecule has 10 nitrogen and oxygen atoms in total. The zero-order chi connectivity index (χ0) is 42.2. The van der Waals surface area contributed by atoms with Crippen LogP contribution in [0.2, 0.25) is 0 Å². The van der Waals surface area contributed by atoms with Crippen molar-refractivity contribution in [1.82, 2.24) is 5.32 Å². The van der Waals surface area contributed by atoms with E-state index < -0.39 is 32.5 Å². The molecule has 0 aromatic rings. The zero-order valence-electron chi connectivity index (χ0n) is 37.0. The number of rotatable bonds is 43. The number of hydrogen-bond donors (Lipinski definition) is 2. The molecule has 3 unspecified atom stereocenters. The summed E-state index contributed by atoms with van der Waals surface area (Å²) in [5, 5.41) is 3.40. The highest BCUT2D eigenvalue weighted by Gasteiger charge is 2.26. The van der Waals surface area contributed by atoms with Crippen LogP contribution in [0.25, 0.3) is 0 Å². The first-order chi connectivity index (χ1) is 28.3. The fourth-order valence-corrected chi connectivity index (χ4v) is 10.8. The number of esters is 2. The van der Waals surface area contributed by atoms with Crippen molar-refractivity contribution in [3.05, 3.63) is 0 Å². The number of carbonyl (C=O) groups excluding carboxylic acids is 3. The normalized spacial score (nSPS) is 15.6. The second-order valence-electron chi connectivity index (χ2n) is 16.3. The lowest BCUT2D eigenvalue weighted by Gasteiger charge is -2.20. The minimum Gasteiger partial charge on any atom is -0.462 e. The van der Waals surface area contributed by atoms with Gasteiger partial charge in [-0.15, -0.1) is 0 Å². The Bertz CT molecular complexity index is 1030. The molecule has 13 heteroatoms. The van der Waals surface area contributed by atoms with Gasteiger partial charge in [-0.05, 0) is 32.1 Å². The van der Waals surface area contributed by atoms with E-state index in [4.69, 9.17) is 18.5 Å².